The van der Waals surface area contributed by atoms with E-state index in [0.717, 1.165) is 4.90 Å². The van der Waals surface area contributed by atoms with Gasteiger partial charge in [-0.05, 0) is 46.8 Å². The lowest BCUT2D eigenvalue weighted by atomic mass is 9.82. The number of alkyl halides is 8. The number of benzene rings is 1. The molecule has 1 saturated carbocycles. The molecule has 3 amide bonds. The molecule has 2 N–H and O–H groups in total. The number of ether oxygens (including phenoxy) is 2. The first-order valence-electron chi connectivity index (χ1n) is 13.8. The minimum atomic E-state index is -4.76. The molecule has 0 bridgehead atoms. The molecule has 1 aliphatic carbocycles. The SMILES string of the molecule is COCC(c1ccc2oc(C(NC(=O)c3nonc3OCC(F)(F)F)C3CCC(F)(F)CC3)nc2c1)N1CC(C(F)(F)F)NC1=O. The van der Waals surface area contributed by atoms with Crippen LogP contribution in [0.15, 0.2) is 27.2 Å². The van der Waals surface area contributed by atoms with Crippen molar-refractivity contribution in [3.63, 3.8) is 0 Å². The fourth-order valence-electron chi connectivity index (χ4n) is 5.39. The van der Waals surface area contributed by atoms with Crippen LogP contribution in [0, 0.1) is 5.92 Å². The molecular formula is C26H26F8N6O6. The van der Waals surface area contributed by atoms with Crippen molar-refractivity contribution in [3.8, 4) is 5.88 Å². The zero-order valence-corrected chi connectivity index (χ0v) is 23.8. The van der Waals surface area contributed by atoms with Gasteiger partial charge in [-0.2, -0.15) is 26.3 Å². The molecule has 0 spiro atoms. The lowest BCUT2D eigenvalue weighted by molar-refractivity contribution is -0.154. The van der Waals surface area contributed by atoms with Crippen LogP contribution in [-0.4, -0.2) is 83.3 Å². The van der Waals surface area contributed by atoms with Gasteiger partial charge in [-0.15, -0.1) is 0 Å². The Morgan fingerprint density at radius 2 is 1.89 bits per heavy atom. The Hall–Kier alpha value is -4.23. The smallest absolute Gasteiger partial charge is 0.422 e. The molecule has 3 unspecified atom stereocenters. The summed E-state index contributed by atoms with van der Waals surface area (Å²) in [7, 11) is 1.31. The number of aromatic nitrogens is 3. The Kier molecular flexibility index (Phi) is 9.02. The summed E-state index contributed by atoms with van der Waals surface area (Å²) in [6, 6.07) is -0.839. The van der Waals surface area contributed by atoms with Crippen molar-refractivity contribution in [3.05, 3.63) is 35.3 Å². The maximum Gasteiger partial charge on any atom is 0.422 e. The first-order chi connectivity index (χ1) is 21.5. The number of fused-ring (bicyclic) bond motifs is 1. The summed E-state index contributed by atoms with van der Waals surface area (Å²) >= 11 is 0. The van der Waals surface area contributed by atoms with E-state index < -0.39 is 91.8 Å². The second-order valence-corrected chi connectivity index (χ2v) is 10.9. The summed E-state index contributed by atoms with van der Waals surface area (Å²) in [6.45, 7) is -2.64. The van der Waals surface area contributed by atoms with E-state index in [9.17, 15) is 44.7 Å². The lowest BCUT2D eigenvalue weighted by Gasteiger charge is -2.32. The van der Waals surface area contributed by atoms with Gasteiger partial charge in [0.05, 0.1) is 19.2 Å². The highest BCUT2D eigenvalue weighted by atomic mass is 19.4. The second kappa shape index (κ2) is 12.5. The number of rotatable bonds is 10. The first kappa shape index (κ1) is 33.1. The van der Waals surface area contributed by atoms with Gasteiger partial charge in [-0.25, -0.2) is 23.2 Å². The molecule has 0 radical (unpaired) electrons. The van der Waals surface area contributed by atoms with Crippen LogP contribution in [0.4, 0.5) is 39.9 Å². The number of hydrogen-bond donors (Lipinski definition) is 2. The molecule has 2 fully saturated rings. The number of nitrogens with zero attached hydrogens (tertiary/aromatic N) is 4. The van der Waals surface area contributed by atoms with Crippen molar-refractivity contribution in [1.82, 2.24) is 30.8 Å². The highest BCUT2D eigenvalue weighted by molar-refractivity contribution is 5.94. The van der Waals surface area contributed by atoms with E-state index in [1.165, 1.54) is 25.3 Å². The molecule has 3 aromatic rings. The number of halogens is 8. The molecule has 46 heavy (non-hydrogen) atoms. The van der Waals surface area contributed by atoms with E-state index in [2.05, 4.69) is 30.0 Å². The lowest BCUT2D eigenvalue weighted by Crippen LogP contribution is -2.40. The molecule has 5 rings (SSSR count). The molecule has 1 aromatic carbocycles. The van der Waals surface area contributed by atoms with Crippen LogP contribution in [0.3, 0.4) is 0 Å². The molecule has 12 nitrogen and oxygen atoms in total. The molecule has 2 aromatic heterocycles. The average Bonchev–Trinajstić information content (AvgIpc) is 3.71. The normalized spacial score (nSPS) is 20.5. The van der Waals surface area contributed by atoms with Crippen molar-refractivity contribution in [2.24, 2.45) is 5.92 Å². The zero-order valence-electron chi connectivity index (χ0n) is 23.8. The van der Waals surface area contributed by atoms with E-state index in [4.69, 9.17) is 9.15 Å². The van der Waals surface area contributed by atoms with Gasteiger partial charge >= 0.3 is 18.4 Å². The fourth-order valence-corrected chi connectivity index (χ4v) is 5.39. The van der Waals surface area contributed by atoms with Gasteiger partial charge in [0.1, 0.15) is 17.6 Å². The van der Waals surface area contributed by atoms with Gasteiger partial charge in [-0.1, -0.05) is 6.07 Å². The standard InChI is InChI=1S/C26H26F8N6O6/c1-43-10-15(40-9-17(26(32,33)34)36-23(40)42)13-2-3-16-14(8-13)35-21(45-16)18(12-4-6-24(27,28)7-5-12)37-20(41)19-22(39-46-38-19)44-11-25(29,30)31/h2-3,8,12,15,17-18H,4-7,9-11H2,1H3,(H,36,42)(H,37,41). The summed E-state index contributed by atoms with van der Waals surface area (Å²) in [6.07, 6.45) is -10.7. The Balaban J connectivity index is 1.43. The largest absolute Gasteiger partial charge is 0.464 e. The van der Waals surface area contributed by atoms with Crippen LogP contribution >= 0.6 is 0 Å². The number of methoxy groups -OCH3 is 1. The molecule has 3 atom stereocenters. The van der Waals surface area contributed by atoms with Gasteiger partial charge < -0.3 is 29.4 Å². The molecule has 1 saturated heterocycles. The van der Waals surface area contributed by atoms with E-state index in [0.29, 0.717) is 5.56 Å². The summed E-state index contributed by atoms with van der Waals surface area (Å²) in [5, 5.41) is 10.9. The van der Waals surface area contributed by atoms with E-state index >= 15 is 0 Å². The van der Waals surface area contributed by atoms with Crippen LogP contribution in [0.25, 0.3) is 11.1 Å². The summed E-state index contributed by atoms with van der Waals surface area (Å²) in [5.74, 6) is -5.72. The molecule has 3 heterocycles. The van der Waals surface area contributed by atoms with E-state index in [1.807, 2.05) is 5.32 Å². The predicted octanol–water partition coefficient (Wildman–Crippen LogP) is 5.09. The third-order valence-corrected chi connectivity index (χ3v) is 7.68. The van der Waals surface area contributed by atoms with Crippen molar-refractivity contribution < 1.29 is 63.2 Å². The van der Waals surface area contributed by atoms with Crippen molar-refractivity contribution in [1.29, 1.82) is 0 Å². The third kappa shape index (κ3) is 7.42. The monoisotopic (exact) mass is 670 g/mol. The summed E-state index contributed by atoms with van der Waals surface area (Å²) in [5.41, 5.74) is -0.104. The van der Waals surface area contributed by atoms with Crippen molar-refractivity contribution in [2.45, 2.75) is 62.1 Å². The number of hydrogen-bond acceptors (Lipinski definition) is 9. The van der Waals surface area contributed by atoms with Gasteiger partial charge in [0.2, 0.25) is 17.5 Å². The summed E-state index contributed by atoms with van der Waals surface area (Å²) in [4.78, 5) is 31.0. The quantitative estimate of drug-likeness (QED) is 0.282. The van der Waals surface area contributed by atoms with Crippen molar-refractivity contribution in [2.75, 3.05) is 26.9 Å². The number of urea groups is 1. The number of carbonyl (C=O) groups excluding carboxylic acids is 2. The van der Waals surface area contributed by atoms with Gasteiger partial charge in [0.15, 0.2) is 12.2 Å². The van der Waals surface area contributed by atoms with Crippen LogP contribution in [0.2, 0.25) is 0 Å². The van der Waals surface area contributed by atoms with E-state index in [-0.39, 0.29) is 36.4 Å². The van der Waals surface area contributed by atoms with Gasteiger partial charge in [0.25, 0.3) is 11.8 Å². The van der Waals surface area contributed by atoms with Crippen LogP contribution in [-0.2, 0) is 4.74 Å². The molecule has 252 valence electrons. The van der Waals surface area contributed by atoms with Crippen LogP contribution < -0.4 is 15.4 Å². The van der Waals surface area contributed by atoms with E-state index in [1.54, 1.807) is 0 Å². The molecule has 2 aliphatic rings. The third-order valence-electron chi connectivity index (χ3n) is 7.68. The zero-order chi connectivity index (χ0) is 33.4. The highest BCUT2D eigenvalue weighted by Crippen LogP contribution is 2.42. The number of carbonyl (C=O) groups is 2. The van der Waals surface area contributed by atoms with Crippen LogP contribution in [0.5, 0.6) is 5.88 Å². The fraction of sp³-hybridized carbons (Fsp3) is 0.577. The van der Waals surface area contributed by atoms with Crippen molar-refractivity contribution >= 4 is 23.0 Å². The highest BCUT2D eigenvalue weighted by Gasteiger charge is 2.49. The first-order valence-corrected chi connectivity index (χ1v) is 13.8. The number of nitrogens with one attached hydrogen (secondary N) is 2. The predicted molar refractivity (Wildman–Crippen MR) is 137 cm³/mol. The Labute approximate surface area is 253 Å². The van der Waals surface area contributed by atoms with Crippen LogP contribution in [0.1, 0.15) is 59.7 Å². The second-order valence-electron chi connectivity index (χ2n) is 10.9. The topological polar surface area (TPSA) is 145 Å². The Bertz CT molecular complexity index is 1550. The maximum absolute atomic E-state index is 14.0. The Morgan fingerprint density at radius 3 is 2.52 bits per heavy atom. The molecular weight excluding hydrogens is 644 g/mol. The molecule has 20 heteroatoms. The minimum absolute atomic E-state index is 0.0865. The number of amides is 3. The Morgan fingerprint density at radius 1 is 1.17 bits per heavy atom. The summed E-state index contributed by atoms with van der Waals surface area (Å²) < 4.78 is 126. The van der Waals surface area contributed by atoms with Gasteiger partial charge in [0, 0.05) is 20.0 Å². The minimum Gasteiger partial charge on any atom is -0.464 e. The maximum atomic E-state index is 14.0. The van der Waals surface area contributed by atoms with Gasteiger partial charge in [-0.3, -0.25) is 4.79 Å². The number of oxazole rings is 1. The molecule has 1 aliphatic heterocycles. The average molecular weight is 671 g/mol.